The molecule has 0 unspecified atom stereocenters. The Morgan fingerprint density at radius 1 is 1.29 bits per heavy atom. The molecule has 2 aromatic heterocycles. The molecule has 0 aliphatic rings. The third kappa shape index (κ3) is 4.17. The normalized spacial score (nSPS) is 11.0. The minimum absolute atomic E-state index is 0.231. The highest BCUT2D eigenvalue weighted by Crippen LogP contribution is 2.32. The lowest BCUT2D eigenvalue weighted by molar-refractivity contribution is -0.116. The van der Waals surface area contributed by atoms with E-state index in [2.05, 4.69) is 10.3 Å². The summed E-state index contributed by atoms with van der Waals surface area (Å²) in [6.45, 7) is 1.58. The number of nitrogens with one attached hydrogen (secondary N) is 1. The lowest BCUT2D eigenvalue weighted by atomic mass is 10.1. The Kier molecular flexibility index (Phi) is 5.75. The Balaban J connectivity index is 1.65. The van der Waals surface area contributed by atoms with E-state index in [4.69, 9.17) is 16.3 Å². The van der Waals surface area contributed by atoms with Crippen LogP contribution in [0.15, 0.2) is 52.9 Å². The number of ether oxygens (including phenoxy) is 1. The third-order valence-electron chi connectivity index (χ3n) is 4.78. The number of benzene rings is 2. The fourth-order valence-electron chi connectivity index (χ4n) is 3.20. The van der Waals surface area contributed by atoms with Crippen molar-refractivity contribution >= 4 is 44.7 Å². The summed E-state index contributed by atoms with van der Waals surface area (Å²) in [5.41, 5.74) is 2.25. The van der Waals surface area contributed by atoms with E-state index in [1.165, 1.54) is 41.5 Å². The Hall–Kier alpha value is -3.23. The van der Waals surface area contributed by atoms with Gasteiger partial charge in [-0.3, -0.25) is 14.2 Å². The van der Waals surface area contributed by atoms with Gasteiger partial charge in [0.25, 0.3) is 5.56 Å². The molecule has 0 radical (unpaired) electrons. The van der Waals surface area contributed by atoms with Crippen LogP contribution in [0.4, 0.5) is 10.1 Å². The van der Waals surface area contributed by atoms with Gasteiger partial charge in [-0.1, -0.05) is 23.7 Å². The zero-order chi connectivity index (χ0) is 22.1. The van der Waals surface area contributed by atoms with Crippen LogP contribution in [-0.4, -0.2) is 22.6 Å². The predicted molar refractivity (Wildman–Crippen MR) is 121 cm³/mol. The number of carbonyl (C=O) groups is 1. The molecule has 4 aromatic rings. The number of hydrogen-bond acceptors (Lipinski definition) is 5. The van der Waals surface area contributed by atoms with Gasteiger partial charge in [0, 0.05) is 22.0 Å². The zero-order valence-corrected chi connectivity index (χ0v) is 18.2. The van der Waals surface area contributed by atoms with Gasteiger partial charge < -0.3 is 10.1 Å². The number of halogens is 2. The minimum Gasteiger partial charge on any atom is -0.495 e. The van der Waals surface area contributed by atoms with Crippen molar-refractivity contribution in [2.45, 2.75) is 13.5 Å². The molecular weight excluding hydrogens is 441 g/mol. The molecule has 0 saturated carbocycles. The van der Waals surface area contributed by atoms with Crippen molar-refractivity contribution in [2.24, 2.45) is 0 Å². The first-order valence-electron chi connectivity index (χ1n) is 9.24. The lowest BCUT2D eigenvalue weighted by Gasteiger charge is -2.13. The summed E-state index contributed by atoms with van der Waals surface area (Å²) in [5, 5.41) is 5.47. The Bertz CT molecular complexity index is 1350. The van der Waals surface area contributed by atoms with E-state index in [0.29, 0.717) is 37.8 Å². The molecule has 0 aliphatic heterocycles. The van der Waals surface area contributed by atoms with Gasteiger partial charge in [-0.15, -0.1) is 11.3 Å². The highest BCUT2D eigenvalue weighted by Gasteiger charge is 2.16. The summed E-state index contributed by atoms with van der Waals surface area (Å²) in [6.07, 6.45) is 1.35. The van der Waals surface area contributed by atoms with Crippen LogP contribution in [0.3, 0.4) is 0 Å². The molecule has 0 spiro atoms. The average molecular weight is 458 g/mol. The van der Waals surface area contributed by atoms with Crippen molar-refractivity contribution in [1.82, 2.24) is 9.55 Å². The molecule has 9 heteroatoms. The second-order valence-electron chi connectivity index (χ2n) is 6.86. The summed E-state index contributed by atoms with van der Waals surface area (Å²) in [7, 11) is 1.48. The number of fused-ring (bicyclic) bond motifs is 1. The first-order valence-corrected chi connectivity index (χ1v) is 10.5. The van der Waals surface area contributed by atoms with Crippen molar-refractivity contribution in [3.63, 3.8) is 0 Å². The number of anilines is 1. The average Bonchev–Trinajstić information content (AvgIpc) is 3.18. The van der Waals surface area contributed by atoms with E-state index in [0.717, 1.165) is 5.56 Å². The molecule has 0 aliphatic carbocycles. The van der Waals surface area contributed by atoms with E-state index < -0.39 is 5.91 Å². The molecule has 4 rings (SSSR count). The SMILES string of the molecule is COc1cc(Cl)c(C)cc1NC(=O)Cn1cnc2scc(-c3ccc(F)cc3)c2c1=O. The lowest BCUT2D eigenvalue weighted by Crippen LogP contribution is -2.28. The molecule has 2 heterocycles. The van der Waals surface area contributed by atoms with Crippen LogP contribution >= 0.6 is 22.9 Å². The summed E-state index contributed by atoms with van der Waals surface area (Å²) < 4.78 is 19.8. The van der Waals surface area contributed by atoms with Gasteiger partial charge in [0.2, 0.25) is 5.91 Å². The second-order valence-corrected chi connectivity index (χ2v) is 8.13. The highest BCUT2D eigenvalue weighted by atomic mass is 35.5. The maximum atomic E-state index is 13.3. The third-order valence-corrected chi connectivity index (χ3v) is 6.08. The Labute approximate surface area is 185 Å². The van der Waals surface area contributed by atoms with Gasteiger partial charge in [0.1, 0.15) is 22.9 Å². The summed E-state index contributed by atoms with van der Waals surface area (Å²) in [4.78, 5) is 30.6. The topological polar surface area (TPSA) is 73.2 Å². The Morgan fingerprint density at radius 3 is 2.74 bits per heavy atom. The molecule has 0 fully saturated rings. The quantitative estimate of drug-likeness (QED) is 0.464. The molecular formula is C22H17ClFN3O3S. The van der Waals surface area contributed by atoms with Gasteiger partial charge >= 0.3 is 0 Å². The molecule has 6 nitrogen and oxygen atoms in total. The Morgan fingerprint density at radius 2 is 2.03 bits per heavy atom. The van der Waals surface area contributed by atoms with Crippen molar-refractivity contribution in [2.75, 3.05) is 12.4 Å². The molecule has 0 bridgehead atoms. The van der Waals surface area contributed by atoms with Crippen molar-refractivity contribution in [3.05, 3.63) is 74.9 Å². The minimum atomic E-state index is -0.415. The molecule has 0 saturated heterocycles. The smallest absolute Gasteiger partial charge is 0.263 e. The zero-order valence-electron chi connectivity index (χ0n) is 16.6. The summed E-state index contributed by atoms with van der Waals surface area (Å²) in [6, 6.07) is 9.21. The molecule has 0 atom stereocenters. The number of carbonyl (C=O) groups excluding carboxylic acids is 1. The van der Waals surface area contributed by atoms with Gasteiger partial charge in [0.15, 0.2) is 0 Å². The fourth-order valence-corrected chi connectivity index (χ4v) is 4.26. The monoisotopic (exact) mass is 457 g/mol. The van der Waals surface area contributed by atoms with Crippen LogP contribution in [0.2, 0.25) is 5.02 Å². The van der Waals surface area contributed by atoms with Crippen molar-refractivity contribution in [1.29, 1.82) is 0 Å². The van der Waals surface area contributed by atoms with Crippen molar-refractivity contribution < 1.29 is 13.9 Å². The highest BCUT2D eigenvalue weighted by molar-refractivity contribution is 7.17. The number of hydrogen-bond donors (Lipinski definition) is 1. The summed E-state index contributed by atoms with van der Waals surface area (Å²) >= 11 is 7.42. The first kappa shape index (κ1) is 21.0. The number of rotatable bonds is 5. The van der Waals surface area contributed by atoms with Crippen LogP contribution in [0, 0.1) is 12.7 Å². The number of amides is 1. The van der Waals surface area contributed by atoms with Gasteiger partial charge in [-0.05, 0) is 36.2 Å². The predicted octanol–water partition coefficient (Wildman–Crippen LogP) is 4.87. The summed E-state index contributed by atoms with van der Waals surface area (Å²) in [5.74, 6) is -0.355. The fraction of sp³-hybridized carbons (Fsp3) is 0.136. The maximum Gasteiger partial charge on any atom is 0.263 e. The van der Waals surface area contributed by atoms with E-state index in [1.54, 1.807) is 29.6 Å². The van der Waals surface area contributed by atoms with E-state index >= 15 is 0 Å². The van der Waals surface area contributed by atoms with Crippen LogP contribution < -0.4 is 15.6 Å². The molecule has 31 heavy (non-hydrogen) atoms. The van der Waals surface area contributed by atoms with Crippen LogP contribution in [0.25, 0.3) is 21.3 Å². The maximum absolute atomic E-state index is 13.3. The standard InChI is InChI=1S/C22H17ClFN3O3S/c1-12-7-17(18(30-2)8-16(12)23)26-19(28)9-27-11-25-21-20(22(27)29)15(10-31-21)13-3-5-14(24)6-4-13/h3-8,10-11H,9H2,1-2H3,(H,26,28). The molecule has 2 aromatic carbocycles. The number of thiophene rings is 1. The largest absolute Gasteiger partial charge is 0.495 e. The van der Waals surface area contributed by atoms with Crippen LogP contribution in [0.5, 0.6) is 5.75 Å². The molecule has 158 valence electrons. The van der Waals surface area contributed by atoms with Crippen molar-refractivity contribution in [3.8, 4) is 16.9 Å². The van der Waals surface area contributed by atoms with Gasteiger partial charge in [-0.2, -0.15) is 0 Å². The van der Waals surface area contributed by atoms with Crippen LogP contribution in [-0.2, 0) is 11.3 Å². The van der Waals surface area contributed by atoms with E-state index in [9.17, 15) is 14.0 Å². The van der Waals surface area contributed by atoms with Crippen LogP contribution in [0.1, 0.15) is 5.56 Å². The van der Waals surface area contributed by atoms with Gasteiger partial charge in [0.05, 0.1) is 24.5 Å². The second kappa shape index (κ2) is 8.49. The molecule has 1 N–H and O–H groups in total. The number of nitrogens with zero attached hydrogens (tertiary/aromatic N) is 2. The van der Waals surface area contributed by atoms with Gasteiger partial charge in [-0.25, -0.2) is 9.37 Å². The number of aryl methyl sites for hydroxylation is 1. The van der Waals surface area contributed by atoms with E-state index in [-0.39, 0.29) is 17.9 Å². The van der Waals surface area contributed by atoms with E-state index in [1.807, 2.05) is 6.92 Å². The number of aromatic nitrogens is 2. The number of methoxy groups -OCH3 is 1. The molecule has 1 amide bonds. The first-order chi connectivity index (χ1) is 14.9.